The summed E-state index contributed by atoms with van der Waals surface area (Å²) in [6, 6.07) is 4.76. The maximum atomic E-state index is 12.8. The molecule has 12 heteroatoms. The van der Waals surface area contributed by atoms with Gasteiger partial charge in [0, 0.05) is 18.2 Å². The molecular formula is C24H32F3N3O6. The molecule has 5 N–H and O–H groups in total. The zero-order valence-electron chi connectivity index (χ0n) is 20.4. The number of aliphatic hydroxyl groups excluding tert-OH is 2. The number of nitrogens with two attached hydrogens (primary N) is 1. The largest absolute Gasteiger partial charge is 0.487 e. The molecular weight excluding hydrogens is 483 g/mol. The number of nitrogens with zero attached hydrogens (tertiary/aromatic N) is 1. The van der Waals surface area contributed by atoms with Crippen LogP contribution in [-0.2, 0) is 20.7 Å². The third kappa shape index (κ3) is 5.81. The molecule has 1 aliphatic carbocycles. The van der Waals surface area contributed by atoms with Crippen LogP contribution in [0.25, 0.3) is 0 Å². The lowest BCUT2D eigenvalue weighted by atomic mass is 9.69. The fourth-order valence-electron chi connectivity index (χ4n) is 4.79. The minimum absolute atomic E-state index is 0.0307. The van der Waals surface area contributed by atoms with Gasteiger partial charge in [0.25, 0.3) is 0 Å². The lowest BCUT2D eigenvalue weighted by Crippen LogP contribution is -2.62. The van der Waals surface area contributed by atoms with E-state index in [1.165, 1.54) is 14.0 Å². The number of alkyl halides is 3. The van der Waals surface area contributed by atoms with E-state index in [-0.39, 0.29) is 30.9 Å². The number of ether oxygens (including phenoxy) is 2. The maximum Gasteiger partial charge on any atom is 0.471 e. The van der Waals surface area contributed by atoms with Gasteiger partial charge in [0.05, 0.1) is 18.8 Å². The van der Waals surface area contributed by atoms with Crippen LogP contribution in [0.4, 0.5) is 13.2 Å². The van der Waals surface area contributed by atoms with Gasteiger partial charge in [-0.15, -0.1) is 0 Å². The Morgan fingerprint density at radius 2 is 2.03 bits per heavy atom. The van der Waals surface area contributed by atoms with Gasteiger partial charge < -0.3 is 30.7 Å². The number of amides is 1. The topological polar surface area (TPSA) is 143 Å². The highest BCUT2D eigenvalue weighted by Gasteiger charge is 2.51. The molecule has 1 heterocycles. The number of nitrogens with one attached hydrogen (secondary N) is 1. The number of hydrogen-bond donors (Lipinski definition) is 4. The van der Waals surface area contributed by atoms with E-state index >= 15 is 0 Å². The third-order valence-electron chi connectivity index (χ3n) is 7.09. The SMILES string of the molecule is CO[C@](C)(C(C)=O)[C@H]1CCc2cc(C(N)=NC3CC(CC(O)CO)(NC(=O)C(F)(F)F)C3)ccc2O1. The number of carbonyl (C=O) groups excluding carboxylic acids is 2. The molecule has 2 aliphatic rings. The lowest BCUT2D eigenvalue weighted by Gasteiger charge is -2.47. The molecule has 0 bridgehead atoms. The van der Waals surface area contributed by atoms with Crippen molar-refractivity contribution >= 4 is 17.5 Å². The zero-order valence-corrected chi connectivity index (χ0v) is 20.4. The van der Waals surface area contributed by atoms with Crippen molar-refractivity contribution in [1.82, 2.24) is 5.32 Å². The van der Waals surface area contributed by atoms with Gasteiger partial charge in [0.15, 0.2) is 11.4 Å². The number of aryl methyl sites for hydroxylation is 1. The first kappa shape index (κ1) is 27.9. The smallest absolute Gasteiger partial charge is 0.471 e. The fourth-order valence-corrected chi connectivity index (χ4v) is 4.79. The summed E-state index contributed by atoms with van der Waals surface area (Å²) in [5.41, 5.74) is 5.23. The lowest BCUT2D eigenvalue weighted by molar-refractivity contribution is -0.177. The van der Waals surface area contributed by atoms with Gasteiger partial charge in [-0.25, -0.2) is 0 Å². The second kappa shape index (κ2) is 10.3. The van der Waals surface area contributed by atoms with E-state index in [0.717, 1.165) is 5.56 Å². The predicted molar refractivity (Wildman–Crippen MR) is 124 cm³/mol. The van der Waals surface area contributed by atoms with E-state index in [1.54, 1.807) is 19.1 Å². The summed E-state index contributed by atoms with van der Waals surface area (Å²) in [5, 5.41) is 20.8. The number of methoxy groups -OCH3 is 1. The monoisotopic (exact) mass is 515 g/mol. The predicted octanol–water partition coefficient (Wildman–Crippen LogP) is 1.40. The molecule has 1 aromatic rings. The number of Topliss-reactive ketones (excluding diaryl/α,β-unsaturated/α-hetero) is 1. The van der Waals surface area contributed by atoms with Gasteiger partial charge in [0.2, 0.25) is 0 Å². The van der Waals surface area contributed by atoms with Crippen LogP contribution >= 0.6 is 0 Å². The number of benzene rings is 1. The Morgan fingerprint density at radius 1 is 1.36 bits per heavy atom. The molecule has 1 aliphatic heterocycles. The van der Waals surface area contributed by atoms with Crippen molar-refractivity contribution in [2.75, 3.05) is 13.7 Å². The van der Waals surface area contributed by atoms with Gasteiger partial charge in [-0.2, -0.15) is 13.2 Å². The van der Waals surface area contributed by atoms with Gasteiger partial charge >= 0.3 is 12.1 Å². The van der Waals surface area contributed by atoms with Crippen LogP contribution in [0, 0.1) is 0 Å². The number of rotatable bonds is 9. The van der Waals surface area contributed by atoms with Crippen molar-refractivity contribution in [3.05, 3.63) is 29.3 Å². The average Bonchev–Trinajstić information content (AvgIpc) is 2.80. The molecule has 0 spiro atoms. The van der Waals surface area contributed by atoms with Crippen LogP contribution in [0.1, 0.15) is 50.7 Å². The van der Waals surface area contributed by atoms with E-state index in [2.05, 4.69) is 4.99 Å². The first-order valence-electron chi connectivity index (χ1n) is 11.6. The van der Waals surface area contributed by atoms with Crippen molar-refractivity contribution in [1.29, 1.82) is 0 Å². The number of hydrogen-bond acceptors (Lipinski definition) is 7. The van der Waals surface area contributed by atoms with Crippen LogP contribution in [0.3, 0.4) is 0 Å². The van der Waals surface area contributed by atoms with Crippen molar-refractivity contribution < 1.29 is 42.4 Å². The molecule has 0 radical (unpaired) electrons. The van der Waals surface area contributed by atoms with E-state index in [1.807, 2.05) is 11.4 Å². The molecule has 0 saturated heterocycles. The van der Waals surface area contributed by atoms with Crippen molar-refractivity contribution in [2.45, 2.75) is 81.5 Å². The van der Waals surface area contributed by atoms with Crippen LogP contribution in [0.2, 0.25) is 0 Å². The number of fused-ring (bicyclic) bond motifs is 1. The van der Waals surface area contributed by atoms with Crippen molar-refractivity contribution in [3.8, 4) is 5.75 Å². The minimum Gasteiger partial charge on any atom is -0.487 e. The second-order valence-electron chi connectivity index (χ2n) is 9.68. The van der Waals surface area contributed by atoms with E-state index < -0.39 is 48.1 Å². The molecule has 9 nitrogen and oxygen atoms in total. The van der Waals surface area contributed by atoms with Gasteiger partial charge in [-0.05, 0) is 69.7 Å². The summed E-state index contributed by atoms with van der Waals surface area (Å²) in [4.78, 5) is 28.0. The number of carbonyl (C=O) groups is 2. The van der Waals surface area contributed by atoms with Crippen LogP contribution in [0.5, 0.6) is 5.75 Å². The Kier molecular flexibility index (Phi) is 8.01. The highest BCUT2D eigenvalue weighted by molar-refractivity contribution is 5.98. The molecule has 1 saturated carbocycles. The molecule has 1 unspecified atom stereocenters. The van der Waals surface area contributed by atoms with Gasteiger partial charge in [0.1, 0.15) is 17.7 Å². The summed E-state index contributed by atoms with van der Waals surface area (Å²) in [5.74, 6) is -1.47. The number of aliphatic imine (C=N–C) groups is 1. The van der Waals surface area contributed by atoms with Gasteiger partial charge in [-0.3, -0.25) is 14.6 Å². The quantitative estimate of drug-likeness (QED) is 0.288. The molecule has 36 heavy (non-hydrogen) atoms. The van der Waals surface area contributed by atoms with Gasteiger partial charge in [-0.1, -0.05) is 0 Å². The maximum absolute atomic E-state index is 12.8. The molecule has 1 fully saturated rings. The Hall–Kier alpha value is -2.70. The Bertz CT molecular complexity index is 1020. The standard InChI is InChI=1S/C24H32F3N3O6/c1-13(32)22(2,35-3)19-7-5-14-8-15(4-6-18(14)36-19)20(28)29-16-9-23(10-16,11-17(33)12-31)30-21(34)24(25,26)27/h4,6,8,16-17,19,31,33H,5,7,9-12H2,1-3H3,(H2,28,29)(H,30,34)/t16?,17?,19-,22-,23?/m1/s1. The highest BCUT2D eigenvalue weighted by atomic mass is 19.4. The summed E-state index contributed by atoms with van der Waals surface area (Å²) in [7, 11) is 1.47. The minimum atomic E-state index is -5.07. The van der Waals surface area contributed by atoms with Crippen molar-refractivity contribution in [2.24, 2.45) is 10.7 Å². The number of amidine groups is 1. The molecule has 3 rings (SSSR count). The van der Waals surface area contributed by atoms with Crippen LogP contribution in [0.15, 0.2) is 23.2 Å². The van der Waals surface area contributed by atoms with E-state index in [9.17, 15) is 27.9 Å². The molecule has 0 aromatic heterocycles. The first-order chi connectivity index (χ1) is 16.7. The van der Waals surface area contributed by atoms with E-state index in [0.29, 0.717) is 24.2 Å². The third-order valence-corrected chi connectivity index (χ3v) is 7.09. The summed E-state index contributed by atoms with van der Waals surface area (Å²) in [6.07, 6.45) is -5.82. The Morgan fingerprint density at radius 3 is 2.58 bits per heavy atom. The summed E-state index contributed by atoms with van der Waals surface area (Å²) >= 11 is 0. The Labute approximate surface area is 206 Å². The normalized spacial score (nSPS) is 26.6. The summed E-state index contributed by atoms with van der Waals surface area (Å²) in [6.45, 7) is 2.50. The van der Waals surface area contributed by atoms with Crippen LogP contribution in [-0.4, -0.2) is 77.0 Å². The Balaban J connectivity index is 1.71. The fraction of sp³-hybridized carbons (Fsp3) is 0.625. The average molecular weight is 516 g/mol. The molecule has 1 amide bonds. The van der Waals surface area contributed by atoms with E-state index in [4.69, 9.17) is 20.3 Å². The molecule has 3 atom stereocenters. The number of halogens is 3. The first-order valence-corrected chi connectivity index (χ1v) is 11.6. The second-order valence-corrected chi connectivity index (χ2v) is 9.68. The highest BCUT2D eigenvalue weighted by Crippen LogP contribution is 2.40. The molecule has 200 valence electrons. The summed E-state index contributed by atoms with van der Waals surface area (Å²) < 4.78 is 49.8. The zero-order chi connectivity index (χ0) is 26.9. The van der Waals surface area contributed by atoms with Crippen molar-refractivity contribution in [3.63, 3.8) is 0 Å². The van der Waals surface area contributed by atoms with Crippen LogP contribution < -0.4 is 15.8 Å². The number of aliphatic hydroxyl groups is 2. The number of ketones is 1. The molecule has 1 aromatic carbocycles.